The molecular formula is C16H20N2O. The zero-order chi connectivity index (χ0) is 13.7. The van der Waals surface area contributed by atoms with Crippen LogP contribution in [0.15, 0.2) is 42.5 Å². The zero-order valence-corrected chi connectivity index (χ0v) is 11.5. The van der Waals surface area contributed by atoms with Gasteiger partial charge >= 0.3 is 0 Å². The van der Waals surface area contributed by atoms with Crippen LogP contribution in [-0.2, 0) is 13.0 Å². The number of hydrogen-bond acceptors (Lipinski definition) is 3. The normalized spacial score (nSPS) is 10.5. The molecule has 0 bridgehead atoms. The highest BCUT2D eigenvalue weighted by molar-refractivity contribution is 5.59. The largest absolute Gasteiger partial charge is 0.392 e. The predicted octanol–water partition coefficient (Wildman–Crippen LogP) is 3.29. The molecule has 0 saturated heterocycles. The molecule has 2 rings (SSSR count). The molecule has 100 valence electrons. The molecule has 0 amide bonds. The van der Waals surface area contributed by atoms with E-state index in [2.05, 4.69) is 11.9 Å². The molecule has 0 aliphatic carbocycles. The maximum atomic E-state index is 9.36. The Morgan fingerprint density at radius 3 is 2.53 bits per heavy atom. The number of aliphatic hydroxyl groups is 1. The number of rotatable bonds is 5. The average molecular weight is 256 g/mol. The molecule has 0 radical (unpaired) electrons. The fraction of sp³-hybridized carbons (Fsp3) is 0.312. The molecule has 0 unspecified atom stereocenters. The average Bonchev–Trinajstić information content (AvgIpc) is 2.47. The van der Waals surface area contributed by atoms with Gasteiger partial charge in [0.15, 0.2) is 0 Å². The Balaban J connectivity index is 2.35. The molecule has 1 N–H and O–H groups in total. The molecule has 1 heterocycles. The molecule has 0 aliphatic heterocycles. The van der Waals surface area contributed by atoms with Gasteiger partial charge in [0.2, 0.25) is 0 Å². The highest BCUT2D eigenvalue weighted by Crippen LogP contribution is 2.23. The summed E-state index contributed by atoms with van der Waals surface area (Å²) in [4.78, 5) is 6.70. The van der Waals surface area contributed by atoms with E-state index in [1.165, 1.54) is 0 Å². The van der Waals surface area contributed by atoms with Crippen LogP contribution in [0, 0.1) is 0 Å². The molecule has 2 aromatic rings. The Morgan fingerprint density at radius 1 is 1.16 bits per heavy atom. The van der Waals surface area contributed by atoms with Crippen molar-refractivity contribution in [2.24, 2.45) is 0 Å². The Labute approximate surface area is 114 Å². The lowest BCUT2D eigenvalue weighted by molar-refractivity contribution is 0.281. The van der Waals surface area contributed by atoms with E-state index in [1.807, 2.05) is 54.4 Å². The maximum Gasteiger partial charge on any atom is 0.133 e. The fourth-order valence-electron chi connectivity index (χ4n) is 2.06. The third kappa shape index (κ3) is 3.32. The summed E-state index contributed by atoms with van der Waals surface area (Å²) >= 11 is 0. The number of anilines is 2. The van der Waals surface area contributed by atoms with E-state index in [1.54, 1.807) is 0 Å². The Kier molecular flexibility index (Phi) is 4.53. The van der Waals surface area contributed by atoms with Gasteiger partial charge in [0.05, 0.1) is 6.61 Å². The van der Waals surface area contributed by atoms with Crippen LogP contribution in [0.2, 0.25) is 0 Å². The van der Waals surface area contributed by atoms with Crippen molar-refractivity contribution in [1.82, 2.24) is 4.98 Å². The molecular weight excluding hydrogens is 236 g/mol. The van der Waals surface area contributed by atoms with Gasteiger partial charge in [-0.05, 0) is 36.2 Å². The van der Waals surface area contributed by atoms with Crippen molar-refractivity contribution >= 4 is 11.5 Å². The van der Waals surface area contributed by atoms with Crippen molar-refractivity contribution < 1.29 is 5.11 Å². The quantitative estimate of drug-likeness (QED) is 0.891. The van der Waals surface area contributed by atoms with Crippen LogP contribution in [0.4, 0.5) is 11.5 Å². The minimum atomic E-state index is 0.0505. The van der Waals surface area contributed by atoms with Crippen LogP contribution >= 0.6 is 0 Å². The van der Waals surface area contributed by atoms with Crippen LogP contribution in [0.5, 0.6) is 0 Å². The van der Waals surface area contributed by atoms with Crippen LogP contribution < -0.4 is 4.90 Å². The van der Waals surface area contributed by atoms with Crippen molar-refractivity contribution in [2.75, 3.05) is 11.9 Å². The van der Waals surface area contributed by atoms with Gasteiger partial charge in [-0.1, -0.05) is 31.5 Å². The first-order chi connectivity index (χ1) is 9.24. The Morgan fingerprint density at radius 2 is 1.89 bits per heavy atom. The summed E-state index contributed by atoms with van der Waals surface area (Å²) in [6.45, 7) is 2.18. The summed E-state index contributed by atoms with van der Waals surface area (Å²) in [6, 6.07) is 14.0. The Bertz CT molecular complexity index is 526. The van der Waals surface area contributed by atoms with E-state index in [9.17, 15) is 5.11 Å². The predicted molar refractivity (Wildman–Crippen MR) is 78.7 cm³/mol. The number of para-hydroxylation sites is 1. The number of pyridine rings is 1. The topological polar surface area (TPSA) is 36.4 Å². The molecule has 0 saturated carbocycles. The van der Waals surface area contributed by atoms with E-state index in [-0.39, 0.29) is 6.61 Å². The minimum Gasteiger partial charge on any atom is -0.392 e. The number of aryl methyl sites for hydroxylation is 1. The van der Waals surface area contributed by atoms with Gasteiger partial charge in [0, 0.05) is 18.4 Å². The van der Waals surface area contributed by atoms with Gasteiger partial charge in [0.1, 0.15) is 5.82 Å². The number of aliphatic hydroxyl groups excluding tert-OH is 1. The van der Waals surface area contributed by atoms with Gasteiger partial charge in [-0.3, -0.25) is 0 Å². The SMILES string of the molecule is CCCc1cc(CO)cc(N(C)c2ccccc2)n1. The molecule has 3 nitrogen and oxygen atoms in total. The second-order valence-corrected chi connectivity index (χ2v) is 4.63. The zero-order valence-electron chi connectivity index (χ0n) is 11.5. The molecule has 3 heteroatoms. The smallest absolute Gasteiger partial charge is 0.133 e. The monoisotopic (exact) mass is 256 g/mol. The first kappa shape index (κ1) is 13.6. The number of hydrogen-bond donors (Lipinski definition) is 1. The van der Waals surface area contributed by atoms with Crippen molar-refractivity contribution in [1.29, 1.82) is 0 Å². The van der Waals surface area contributed by atoms with Crippen molar-refractivity contribution in [3.63, 3.8) is 0 Å². The molecule has 1 aromatic heterocycles. The van der Waals surface area contributed by atoms with Gasteiger partial charge in [-0.2, -0.15) is 0 Å². The molecule has 19 heavy (non-hydrogen) atoms. The molecule has 1 aromatic carbocycles. The highest BCUT2D eigenvalue weighted by Gasteiger charge is 2.08. The van der Waals surface area contributed by atoms with E-state index in [0.29, 0.717) is 0 Å². The summed E-state index contributed by atoms with van der Waals surface area (Å²) in [5.74, 6) is 0.876. The van der Waals surface area contributed by atoms with E-state index >= 15 is 0 Å². The number of benzene rings is 1. The van der Waals surface area contributed by atoms with Crippen LogP contribution in [0.1, 0.15) is 24.6 Å². The highest BCUT2D eigenvalue weighted by atomic mass is 16.3. The lowest BCUT2D eigenvalue weighted by Gasteiger charge is -2.20. The third-order valence-electron chi connectivity index (χ3n) is 3.10. The van der Waals surface area contributed by atoms with Gasteiger partial charge < -0.3 is 10.0 Å². The summed E-state index contributed by atoms with van der Waals surface area (Å²) < 4.78 is 0. The lowest BCUT2D eigenvalue weighted by atomic mass is 10.1. The van der Waals surface area contributed by atoms with Crippen LogP contribution in [-0.4, -0.2) is 17.1 Å². The number of nitrogens with zero attached hydrogens (tertiary/aromatic N) is 2. The van der Waals surface area contributed by atoms with Gasteiger partial charge in [-0.15, -0.1) is 0 Å². The van der Waals surface area contributed by atoms with Crippen LogP contribution in [0.3, 0.4) is 0 Å². The van der Waals surface area contributed by atoms with Gasteiger partial charge in [-0.25, -0.2) is 4.98 Å². The minimum absolute atomic E-state index is 0.0505. The Hall–Kier alpha value is -1.87. The fourth-order valence-corrected chi connectivity index (χ4v) is 2.06. The van der Waals surface area contributed by atoms with Crippen LogP contribution in [0.25, 0.3) is 0 Å². The second-order valence-electron chi connectivity index (χ2n) is 4.63. The summed E-state index contributed by atoms with van der Waals surface area (Å²) in [5.41, 5.74) is 3.04. The first-order valence-corrected chi connectivity index (χ1v) is 6.64. The van der Waals surface area contributed by atoms with Crippen molar-refractivity contribution in [3.05, 3.63) is 53.7 Å². The molecule has 0 atom stereocenters. The standard InChI is InChI=1S/C16H20N2O/c1-3-7-14-10-13(12-19)11-16(17-14)18(2)15-8-5-4-6-9-15/h4-6,8-11,19H,3,7,12H2,1-2H3. The molecule has 0 aliphatic rings. The summed E-state index contributed by atoms with van der Waals surface area (Å²) in [5, 5.41) is 9.36. The lowest BCUT2D eigenvalue weighted by Crippen LogP contribution is -2.12. The maximum absolute atomic E-state index is 9.36. The van der Waals surface area contributed by atoms with Crippen molar-refractivity contribution in [3.8, 4) is 0 Å². The van der Waals surface area contributed by atoms with Crippen molar-refractivity contribution in [2.45, 2.75) is 26.4 Å². The second kappa shape index (κ2) is 6.34. The van der Waals surface area contributed by atoms with E-state index in [4.69, 9.17) is 0 Å². The van der Waals surface area contributed by atoms with E-state index < -0.39 is 0 Å². The first-order valence-electron chi connectivity index (χ1n) is 6.64. The van der Waals surface area contributed by atoms with Gasteiger partial charge in [0.25, 0.3) is 0 Å². The molecule has 0 fully saturated rings. The van der Waals surface area contributed by atoms with E-state index in [0.717, 1.165) is 35.6 Å². The number of aromatic nitrogens is 1. The third-order valence-corrected chi connectivity index (χ3v) is 3.10. The summed E-state index contributed by atoms with van der Waals surface area (Å²) in [6.07, 6.45) is 1.99. The summed E-state index contributed by atoms with van der Waals surface area (Å²) in [7, 11) is 1.99. The molecule has 0 spiro atoms.